The topological polar surface area (TPSA) is 42.4 Å². The third kappa shape index (κ3) is 4.61. The zero-order valence-electron chi connectivity index (χ0n) is 17.4. The van der Waals surface area contributed by atoms with Gasteiger partial charge >= 0.3 is 0 Å². The monoisotopic (exact) mass is 408 g/mol. The highest BCUT2D eigenvalue weighted by molar-refractivity contribution is 7.20. The molecule has 5 heteroatoms. The molecule has 0 N–H and O–H groups in total. The lowest BCUT2D eigenvalue weighted by Gasteiger charge is -2.31. The van der Waals surface area contributed by atoms with Crippen molar-refractivity contribution >= 4 is 27.5 Å². The van der Waals surface area contributed by atoms with E-state index in [1.165, 1.54) is 11.1 Å². The van der Waals surface area contributed by atoms with Gasteiger partial charge in [0.2, 0.25) is 5.91 Å². The van der Waals surface area contributed by atoms with Crippen molar-refractivity contribution in [3.8, 4) is 5.19 Å². The van der Waals surface area contributed by atoms with Crippen molar-refractivity contribution in [1.29, 1.82) is 0 Å². The van der Waals surface area contributed by atoms with E-state index in [0.29, 0.717) is 12.3 Å². The minimum atomic E-state index is 0.130. The Labute approximate surface area is 176 Å². The number of hydrogen-bond acceptors (Lipinski definition) is 4. The fourth-order valence-corrected chi connectivity index (χ4v) is 4.75. The third-order valence-electron chi connectivity index (χ3n) is 5.67. The first-order valence-corrected chi connectivity index (χ1v) is 11.2. The number of fused-ring (bicyclic) bond motifs is 1. The molecule has 0 radical (unpaired) electrons. The van der Waals surface area contributed by atoms with Crippen LogP contribution in [0.25, 0.3) is 10.2 Å². The van der Waals surface area contributed by atoms with E-state index >= 15 is 0 Å². The van der Waals surface area contributed by atoms with E-state index in [1.807, 2.05) is 4.90 Å². The first-order chi connectivity index (χ1) is 14.0. The van der Waals surface area contributed by atoms with Crippen LogP contribution in [0.5, 0.6) is 5.19 Å². The van der Waals surface area contributed by atoms with Gasteiger partial charge in [0.1, 0.15) is 6.10 Å². The molecular weight excluding hydrogens is 380 g/mol. The molecule has 1 fully saturated rings. The van der Waals surface area contributed by atoms with Crippen molar-refractivity contribution in [2.45, 2.75) is 52.1 Å². The Hall–Kier alpha value is -2.40. The van der Waals surface area contributed by atoms with E-state index in [-0.39, 0.29) is 12.0 Å². The zero-order valence-corrected chi connectivity index (χ0v) is 18.2. The molecule has 0 spiro atoms. The number of aromatic nitrogens is 1. The van der Waals surface area contributed by atoms with Gasteiger partial charge in [0, 0.05) is 25.9 Å². The molecule has 152 valence electrons. The first-order valence-electron chi connectivity index (χ1n) is 10.4. The van der Waals surface area contributed by atoms with Crippen LogP contribution < -0.4 is 4.74 Å². The van der Waals surface area contributed by atoms with Gasteiger partial charge in [-0.2, -0.15) is 0 Å². The molecule has 2 aromatic carbocycles. The molecule has 0 aliphatic carbocycles. The second-order valence-electron chi connectivity index (χ2n) is 8.17. The second-order valence-corrected chi connectivity index (χ2v) is 9.17. The molecule has 29 heavy (non-hydrogen) atoms. The fraction of sp³-hybridized carbons (Fsp3) is 0.417. The minimum Gasteiger partial charge on any atom is -0.467 e. The summed E-state index contributed by atoms with van der Waals surface area (Å²) in [5, 5.41) is 0.740. The highest BCUT2D eigenvalue weighted by Crippen LogP contribution is 2.31. The summed E-state index contributed by atoms with van der Waals surface area (Å²) in [5.74, 6) is 0.717. The molecule has 2 heterocycles. The largest absolute Gasteiger partial charge is 0.467 e. The van der Waals surface area contributed by atoms with E-state index in [4.69, 9.17) is 4.74 Å². The average Bonchev–Trinajstić information content (AvgIpc) is 3.13. The maximum atomic E-state index is 12.7. The van der Waals surface area contributed by atoms with Gasteiger partial charge in [0.25, 0.3) is 5.19 Å². The van der Waals surface area contributed by atoms with Crippen LogP contribution >= 0.6 is 11.3 Å². The molecule has 0 atom stereocenters. The summed E-state index contributed by atoms with van der Waals surface area (Å²) in [6.45, 7) is 7.94. The van der Waals surface area contributed by atoms with E-state index in [9.17, 15) is 4.79 Å². The number of nitrogens with zero attached hydrogens (tertiary/aromatic N) is 2. The number of hydrogen-bond donors (Lipinski definition) is 0. The maximum absolute atomic E-state index is 12.7. The highest BCUT2D eigenvalue weighted by Gasteiger charge is 2.25. The highest BCUT2D eigenvalue weighted by atomic mass is 32.1. The summed E-state index contributed by atoms with van der Waals surface area (Å²) >= 11 is 1.60. The lowest BCUT2D eigenvalue weighted by Crippen LogP contribution is -2.42. The van der Waals surface area contributed by atoms with Crippen molar-refractivity contribution < 1.29 is 9.53 Å². The quantitative estimate of drug-likeness (QED) is 0.572. The van der Waals surface area contributed by atoms with Crippen LogP contribution in [-0.2, 0) is 11.2 Å². The number of ether oxygens (including phenoxy) is 1. The molecule has 0 saturated carbocycles. The number of benzene rings is 2. The summed E-state index contributed by atoms with van der Waals surface area (Å²) in [6, 6.07) is 14.6. The Morgan fingerprint density at radius 2 is 1.90 bits per heavy atom. The zero-order chi connectivity index (χ0) is 20.4. The first kappa shape index (κ1) is 19.9. The molecule has 4 nitrogen and oxygen atoms in total. The predicted octanol–water partition coefficient (Wildman–Crippen LogP) is 5.34. The van der Waals surface area contributed by atoms with Crippen LogP contribution in [0.15, 0.2) is 42.5 Å². The Morgan fingerprint density at radius 3 is 2.55 bits per heavy atom. The van der Waals surface area contributed by atoms with Gasteiger partial charge in [-0.1, -0.05) is 61.6 Å². The average molecular weight is 409 g/mol. The normalized spacial score (nSPS) is 15.2. The SMILES string of the molecule is Cc1cccc2sc(OC3CCN(C(=O)Cc4ccc(C(C)C)cc4)CC3)nc12. The van der Waals surface area contributed by atoms with Gasteiger partial charge in [-0.05, 0) is 35.6 Å². The standard InChI is InChI=1S/C24H28N2O2S/c1-16(2)19-9-7-18(8-10-19)15-22(27)26-13-11-20(12-14-26)28-24-25-23-17(3)5-4-6-21(23)29-24/h4-10,16,20H,11-15H2,1-3H3. The van der Waals surface area contributed by atoms with Gasteiger partial charge in [-0.15, -0.1) is 0 Å². The Morgan fingerprint density at radius 1 is 1.17 bits per heavy atom. The summed E-state index contributed by atoms with van der Waals surface area (Å²) in [4.78, 5) is 19.3. The lowest BCUT2D eigenvalue weighted by molar-refractivity contribution is -0.132. The molecule has 0 bridgehead atoms. The van der Waals surface area contributed by atoms with E-state index in [0.717, 1.165) is 46.9 Å². The van der Waals surface area contributed by atoms with Gasteiger partial charge in [0.15, 0.2) is 0 Å². The number of carbonyl (C=O) groups is 1. The van der Waals surface area contributed by atoms with Crippen molar-refractivity contribution in [1.82, 2.24) is 9.88 Å². The summed E-state index contributed by atoms with van der Waals surface area (Å²) < 4.78 is 7.31. The molecule has 4 rings (SSSR count). The minimum absolute atomic E-state index is 0.130. The molecule has 3 aromatic rings. The van der Waals surface area contributed by atoms with Gasteiger partial charge in [-0.3, -0.25) is 4.79 Å². The number of thiazole rings is 1. The van der Waals surface area contributed by atoms with Crippen LogP contribution in [0.1, 0.15) is 49.3 Å². The molecule has 1 aromatic heterocycles. The van der Waals surface area contributed by atoms with E-state index in [1.54, 1.807) is 11.3 Å². The molecule has 1 saturated heterocycles. The van der Waals surface area contributed by atoms with Crippen LogP contribution in [0.2, 0.25) is 0 Å². The Kier molecular flexibility index (Phi) is 5.86. The van der Waals surface area contributed by atoms with Crippen LogP contribution in [-0.4, -0.2) is 35.0 Å². The van der Waals surface area contributed by atoms with Crippen molar-refractivity contribution in [3.63, 3.8) is 0 Å². The lowest BCUT2D eigenvalue weighted by atomic mass is 10.0. The summed E-state index contributed by atoms with van der Waals surface area (Å²) in [6.07, 6.45) is 2.31. The molecule has 1 aliphatic heterocycles. The van der Waals surface area contributed by atoms with Crippen molar-refractivity contribution in [2.24, 2.45) is 0 Å². The fourth-order valence-electron chi connectivity index (χ4n) is 3.79. The number of amides is 1. The van der Waals surface area contributed by atoms with E-state index in [2.05, 4.69) is 68.2 Å². The smallest absolute Gasteiger partial charge is 0.274 e. The number of rotatable bonds is 5. The van der Waals surface area contributed by atoms with Gasteiger partial charge in [-0.25, -0.2) is 4.98 Å². The third-order valence-corrected chi connectivity index (χ3v) is 6.58. The van der Waals surface area contributed by atoms with Crippen molar-refractivity contribution in [2.75, 3.05) is 13.1 Å². The number of carbonyl (C=O) groups excluding carboxylic acids is 1. The summed E-state index contributed by atoms with van der Waals surface area (Å²) in [5.41, 5.74) is 4.60. The number of aryl methyl sites for hydroxylation is 1. The molecule has 0 unspecified atom stereocenters. The molecule has 1 aliphatic rings. The van der Waals surface area contributed by atoms with Crippen LogP contribution in [0.4, 0.5) is 0 Å². The van der Waals surface area contributed by atoms with E-state index < -0.39 is 0 Å². The number of para-hydroxylation sites is 1. The molecule has 1 amide bonds. The molecular formula is C24H28N2O2S. The Balaban J connectivity index is 1.30. The second kappa shape index (κ2) is 8.54. The summed E-state index contributed by atoms with van der Waals surface area (Å²) in [7, 11) is 0. The van der Waals surface area contributed by atoms with Crippen molar-refractivity contribution in [3.05, 3.63) is 59.2 Å². The van der Waals surface area contributed by atoms with Crippen LogP contribution in [0, 0.1) is 6.92 Å². The predicted molar refractivity (Wildman–Crippen MR) is 119 cm³/mol. The Bertz CT molecular complexity index is 986. The van der Waals surface area contributed by atoms with Gasteiger partial charge < -0.3 is 9.64 Å². The van der Waals surface area contributed by atoms with Crippen LogP contribution in [0.3, 0.4) is 0 Å². The van der Waals surface area contributed by atoms with Gasteiger partial charge in [0.05, 0.1) is 16.6 Å². The maximum Gasteiger partial charge on any atom is 0.274 e. The number of likely N-dealkylation sites (tertiary alicyclic amines) is 1. The number of piperidine rings is 1.